The zero-order valence-corrected chi connectivity index (χ0v) is 17.4. The molecule has 0 bridgehead atoms. The van der Waals surface area contributed by atoms with Crippen molar-refractivity contribution in [3.63, 3.8) is 0 Å². The van der Waals surface area contributed by atoms with Crippen molar-refractivity contribution in [3.05, 3.63) is 64.6 Å². The van der Waals surface area contributed by atoms with Gasteiger partial charge >= 0.3 is 12.1 Å². The normalized spacial score (nSPS) is 20.1. The molecule has 4 nitrogen and oxygen atoms in total. The number of allylic oxidation sites excluding steroid dienone is 2. The Kier molecular flexibility index (Phi) is 6.46. The van der Waals surface area contributed by atoms with E-state index in [0.29, 0.717) is 6.08 Å². The zero-order valence-electron chi connectivity index (χ0n) is 16.6. The van der Waals surface area contributed by atoms with Gasteiger partial charge in [0, 0.05) is 0 Å². The largest absolute Gasteiger partial charge is 0.460 e. The average molecular weight is 480 g/mol. The first kappa shape index (κ1) is 23.9. The summed E-state index contributed by atoms with van der Waals surface area (Å²) in [6.45, 7) is 2.01. The summed E-state index contributed by atoms with van der Waals surface area (Å²) in [6.07, 6.45) is -4.07. The molecule has 0 spiro atoms. The molecule has 1 saturated carbocycles. The molecular formula is C21H16ClF6NO3. The van der Waals surface area contributed by atoms with Crippen LogP contribution < -0.4 is 4.74 Å². The van der Waals surface area contributed by atoms with Gasteiger partial charge in [-0.3, -0.25) is 4.79 Å². The van der Waals surface area contributed by atoms with E-state index < -0.39 is 70.1 Å². The Balaban J connectivity index is 1.76. The van der Waals surface area contributed by atoms with Gasteiger partial charge in [0.1, 0.15) is 17.4 Å². The van der Waals surface area contributed by atoms with Gasteiger partial charge in [-0.15, -0.1) is 0 Å². The zero-order chi connectivity index (χ0) is 23.8. The topological polar surface area (TPSA) is 48.4 Å². The van der Waals surface area contributed by atoms with E-state index in [2.05, 4.69) is 4.98 Å². The van der Waals surface area contributed by atoms with Gasteiger partial charge in [-0.1, -0.05) is 49.7 Å². The van der Waals surface area contributed by atoms with Crippen LogP contribution in [0.15, 0.2) is 41.4 Å². The van der Waals surface area contributed by atoms with Gasteiger partial charge in [-0.05, 0) is 23.5 Å². The number of hydrogen-bond donors (Lipinski definition) is 0. The van der Waals surface area contributed by atoms with Crippen LogP contribution in [-0.4, -0.2) is 17.1 Å². The summed E-state index contributed by atoms with van der Waals surface area (Å²) in [6, 6.07) is 7.62. The maximum absolute atomic E-state index is 14.7. The lowest BCUT2D eigenvalue weighted by atomic mass is 10.1. The summed E-state index contributed by atoms with van der Waals surface area (Å²) in [5.41, 5.74) is -1.87. The Hall–Kier alpha value is -2.75. The Morgan fingerprint density at radius 2 is 1.78 bits per heavy atom. The molecule has 0 N–H and O–H groups in total. The van der Waals surface area contributed by atoms with Gasteiger partial charge in [0.05, 0.1) is 11.5 Å². The monoisotopic (exact) mass is 479 g/mol. The highest BCUT2D eigenvalue weighted by atomic mass is 35.5. The first-order valence-electron chi connectivity index (χ1n) is 9.21. The van der Waals surface area contributed by atoms with Gasteiger partial charge in [0.15, 0.2) is 11.6 Å². The van der Waals surface area contributed by atoms with E-state index in [9.17, 15) is 31.1 Å². The number of halogens is 7. The smallest absolute Gasteiger partial charge is 0.426 e. The fourth-order valence-electron chi connectivity index (χ4n) is 3.26. The maximum atomic E-state index is 14.7. The van der Waals surface area contributed by atoms with E-state index in [4.69, 9.17) is 21.1 Å². The van der Waals surface area contributed by atoms with Crippen LogP contribution in [0.5, 0.6) is 11.6 Å². The van der Waals surface area contributed by atoms with Crippen LogP contribution in [0.1, 0.15) is 19.4 Å². The number of hydrogen-bond acceptors (Lipinski definition) is 4. The Bertz CT molecular complexity index is 1060. The number of carbonyl (C=O) groups excluding carboxylic acids is 1. The minimum Gasteiger partial charge on any atom is -0.460 e. The molecule has 1 aromatic carbocycles. The predicted octanol–water partition coefficient (Wildman–Crippen LogP) is 6.29. The van der Waals surface area contributed by atoms with E-state index in [1.165, 1.54) is 26.0 Å². The van der Waals surface area contributed by atoms with Gasteiger partial charge in [0.2, 0.25) is 0 Å². The number of rotatable bonds is 6. The highest BCUT2D eigenvalue weighted by molar-refractivity contribution is 6.30. The van der Waals surface area contributed by atoms with E-state index >= 15 is 0 Å². The van der Waals surface area contributed by atoms with Crippen molar-refractivity contribution >= 4 is 17.6 Å². The Morgan fingerprint density at radius 1 is 1.16 bits per heavy atom. The summed E-state index contributed by atoms with van der Waals surface area (Å²) in [5.74, 6) is -8.44. The highest BCUT2D eigenvalue weighted by Gasteiger charge is 2.62. The minimum atomic E-state index is -4.77. The fraction of sp³-hybridized carbons (Fsp3) is 0.333. The van der Waals surface area contributed by atoms with Crippen LogP contribution in [0, 0.1) is 34.8 Å². The van der Waals surface area contributed by atoms with Crippen molar-refractivity contribution in [1.82, 2.24) is 4.98 Å². The SMILES string of the molecule is CC1(C)C(/C=C(\Cl)C(F)(F)F)C1C(=O)OCc1c(F)c(F)nc(Oc2ccccc2)c1F. The van der Waals surface area contributed by atoms with E-state index in [0.717, 1.165) is 0 Å². The van der Waals surface area contributed by atoms with E-state index in [1.807, 2.05) is 0 Å². The maximum Gasteiger partial charge on any atom is 0.426 e. The summed E-state index contributed by atoms with van der Waals surface area (Å²) in [7, 11) is 0. The molecule has 0 amide bonds. The first-order chi connectivity index (χ1) is 14.8. The molecule has 172 valence electrons. The van der Waals surface area contributed by atoms with Gasteiger partial charge < -0.3 is 9.47 Å². The standard InChI is InChI=1S/C21H16ClF6NO3/c1-20(2)12(8-13(22)21(26,27)28)14(20)19(30)31-9-11-15(23)17(25)29-18(16(11)24)32-10-6-4-3-5-7-10/h3-8,12,14H,9H2,1-2H3/b13-8-. The molecule has 1 fully saturated rings. The van der Waals surface area contributed by atoms with Crippen LogP contribution >= 0.6 is 11.6 Å². The number of esters is 1. The van der Waals surface area contributed by atoms with Crippen LogP contribution in [0.25, 0.3) is 0 Å². The molecule has 11 heteroatoms. The summed E-state index contributed by atoms with van der Waals surface area (Å²) in [5, 5.41) is -1.39. The summed E-state index contributed by atoms with van der Waals surface area (Å²) in [4.78, 5) is 15.4. The number of benzene rings is 1. The van der Waals surface area contributed by atoms with E-state index in [1.54, 1.807) is 18.2 Å². The minimum absolute atomic E-state index is 0.101. The molecule has 1 heterocycles. The molecule has 2 aromatic rings. The molecular weight excluding hydrogens is 464 g/mol. The molecule has 0 radical (unpaired) electrons. The summed E-state index contributed by atoms with van der Waals surface area (Å²) < 4.78 is 90.6. The predicted molar refractivity (Wildman–Crippen MR) is 101 cm³/mol. The van der Waals surface area contributed by atoms with Crippen molar-refractivity contribution in [2.45, 2.75) is 26.6 Å². The average Bonchev–Trinajstić information content (AvgIpc) is 3.25. The lowest BCUT2D eigenvalue weighted by molar-refractivity contribution is -0.147. The molecule has 1 aliphatic rings. The quantitative estimate of drug-likeness (QED) is 0.277. The molecule has 2 atom stereocenters. The molecule has 1 aromatic heterocycles. The molecule has 3 rings (SSSR count). The van der Waals surface area contributed by atoms with Crippen molar-refractivity contribution in [2.75, 3.05) is 0 Å². The lowest BCUT2D eigenvalue weighted by Crippen LogP contribution is -2.14. The number of para-hydroxylation sites is 1. The summed E-state index contributed by atoms with van der Waals surface area (Å²) >= 11 is 5.23. The molecule has 2 unspecified atom stereocenters. The molecule has 0 saturated heterocycles. The Morgan fingerprint density at radius 3 is 2.38 bits per heavy atom. The second kappa shape index (κ2) is 8.65. The molecule has 1 aliphatic carbocycles. The third-order valence-corrected chi connectivity index (χ3v) is 5.52. The fourth-order valence-corrected chi connectivity index (χ4v) is 3.39. The Labute approximate surface area is 183 Å². The van der Waals surface area contributed by atoms with Crippen molar-refractivity contribution < 1.29 is 40.6 Å². The third-order valence-electron chi connectivity index (χ3n) is 5.18. The lowest BCUT2D eigenvalue weighted by Gasteiger charge is -2.11. The number of ether oxygens (including phenoxy) is 2. The van der Waals surface area contributed by atoms with Gasteiger partial charge in [0.25, 0.3) is 11.8 Å². The number of alkyl halides is 3. The van der Waals surface area contributed by atoms with Crippen LogP contribution in [0.3, 0.4) is 0 Å². The van der Waals surface area contributed by atoms with Crippen molar-refractivity contribution in [1.29, 1.82) is 0 Å². The second-order valence-corrected chi connectivity index (χ2v) is 8.08. The second-order valence-electron chi connectivity index (χ2n) is 7.67. The van der Waals surface area contributed by atoms with Gasteiger partial charge in [-0.2, -0.15) is 22.5 Å². The van der Waals surface area contributed by atoms with Crippen molar-refractivity contribution in [3.8, 4) is 11.6 Å². The van der Waals surface area contributed by atoms with Gasteiger partial charge in [-0.25, -0.2) is 8.78 Å². The van der Waals surface area contributed by atoms with Crippen LogP contribution in [0.2, 0.25) is 0 Å². The molecule has 32 heavy (non-hydrogen) atoms. The van der Waals surface area contributed by atoms with E-state index in [-0.39, 0.29) is 5.75 Å². The highest BCUT2D eigenvalue weighted by Crippen LogP contribution is 2.60. The number of aromatic nitrogens is 1. The van der Waals surface area contributed by atoms with Crippen molar-refractivity contribution in [2.24, 2.45) is 17.3 Å². The number of pyridine rings is 1. The molecule has 0 aliphatic heterocycles. The third kappa shape index (κ3) is 4.85. The number of nitrogens with zero attached hydrogens (tertiary/aromatic N) is 1. The van der Waals surface area contributed by atoms with Crippen LogP contribution in [0.4, 0.5) is 26.3 Å². The first-order valence-corrected chi connectivity index (χ1v) is 9.59. The number of carbonyl (C=O) groups is 1. The van der Waals surface area contributed by atoms with Crippen LogP contribution in [-0.2, 0) is 16.1 Å².